The fraction of sp³-hybridized carbons (Fsp3) is 0.261. The highest BCUT2D eigenvalue weighted by Crippen LogP contribution is 2.62. The molecular weight excluding hydrogens is 468 g/mol. The maximum absolute atomic E-state index is 13.4. The molecule has 3 N–H and O–H groups in total. The van der Waals surface area contributed by atoms with Gasteiger partial charge >= 0.3 is 0 Å². The molecule has 3 atom stereocenters. The topological polar surface area (TPSA) is 95.5 Å². The number of carbonyl (C=O) groups is 1. The highest BCUT2D eigenvalue weighted by atomic mass is 35.5. The molecule has 0 aliphatic heterocycles. The third-order valence-corrected chi connectivity index (χ3v) is 9.84. The first-order valence-corrected chi connectivity index (χ1v) is 13.0. The van der Waals surface area contributed by atoms with Gasteiger partial charge in [-0.1, -0.05) is 48.0 Å². The van der Waals surface area contributed by atoms with Crippen LogP contribution in [0, 0.1) is 5.92 Å². The SMILES string of the molecule is O=C(NO)C1(NS(=O)(=O)c2ccc(-c3ccc(Cl)cc3)s2)C2CCCc3ccccc3C21. The van der Waals surface area contributed by atoms with E-state index in [4.69, 9.17) is 11.6 Å². The summed E-state index contributed by atoms with van der Waals surface area (Å²) in [6.45, 7) is 0. The minimum absolute atomic E-state index is 0.113. The van der Waals surface area contributed by atoms with Crippen molar-refractivity contribution in [2.45, 2.75) is 34.9 Å². The van der Waals surface area contributed by atoms with Crippen LogP contribution >= 0.6 is 22.9 Å². The van der Waals surface area contributed by atoms with Crippen LogP contribution in [0.2, 0.25) is 5.02 Å². The van der Waals surface area contributed by atoms with Crippen LogP contribution in [0.1, 0.15) is 29.9 Å². The number of fused-ring (bicyclic) bond motifs is 3. The van der Waals surface area contributed by atoms with Gasteiger partial charge in [0.2, 0.25) is 0 Å². The predicted molar refractivity (Wildman–Crippen MR) is 123 cm³/mol. The summed E-state index contributed by atoms with van der Waals surface area (Å²) in [5.41, 5.74) is 3.24. The van der Waals surface area contributed by atoms with Gasteiger partial charge in [0.05, 0.1) is 0 Å². The molecule has 0 radical (unpaired) electrons. The molecule has 166 valence electrons. The van der Waals surface area contributed by atoms with Gasteiger partial charge in [0.25, 0.3) is 15.9 Å². The standard InChI is InChI=1S/C23H21ClN2O4S2/c24-16-10-8-15(9-11-16)19-12-13-20(31-19)32(29,30)26-23(22(27)25-28)18-7-3-5-14-4-1-2-6-17(14)21(18)23/h1-2,4,6,8-13,18,21,26,28H,3,5,7H2,(H,25,27). The van der Waals surface area contributed by atoms with Gasteiger partial charge in [0.15, 0.2) is 0 Å². The number of nitrogens with one attached hydrogen (secondary N) is 2. The minimum atomic E-state index is -4.01. The maximum atomic E-state index is 13.4. The fourth-order valence-corrected chi connectivity index (χ4v) is 7.85. The Morgan fingerprint density at radius 2 is 1.84 bits per heavy atom. The summed E-state index contributed by atoms with van der Waals surface area (Å²) in [7, 11) is -4.01. The summed E-state index contributed by atoms with van der Waals surface area (Å²) in [6.07, 6.45) is 2.43. The molecule has 2 aliphatic rings. The summed E-state index contributed by atoms with van der Waals surface area (Å²) in [4.78, 5) is 13.6. The molecule has 2 aliphatic carbocycles. The molecule has 32 heavy (non-hydrogen) atoms. The van der Waals surface area contributed by atoms with Gasteiger partial charge in [-0.15, -0.1) is 11.3 Å². The molecule has 1 fully saturated rings. The normalized spacial score (nSPS) is 24.2. The van der Waals surface area contributed by atoms with Gasteiger partial charge in [-0.25, -0.2) is 13.9 Å². The first-order chi connectivity index (χ1) is 15.4. The number of benzene rings is 2. The Bertz CT molecular complexity index is 1290. The average Bonchev–Trinajstić information content (AvgIpc) is 3.18. The molecule has 1 amide bonds. The second-order valence-electron chi connectivity index (χ2n) is 8.22. The van der Waals surface area contributed by atoms with Crippen molar-refractivity contribution in [1.29, 1.82) is 0 Å². The number of hydroxylamine groups is 1. The monoisotopic (exact) mass is 488 g/mol. The number of aryl methyl sites for hydroxylation is 1. The van der Waals surface area contributed by atoms with Crippen LogP contribution in [-0.4, -0.2) is 25.1 Å². The summed E-state index contributed by atoms with van der Waals surface area (Å²) in [5.74, 6) is -1.26. The number of amides is 1. The lowest BCUT2D eigenvalue weighted by Crippen LogP contribution is -2.50. The Labute approximate surface area is 195 Å². The third-order valence-electron chi connectivity index (χ3n) is 6.48. The number of hydrogen-bond acceptors (Lipinski definition) is 5. The Kier molecular flexibility index (Phi) is 5.38. The van der Waals surface area contributed by atoms with Gasteiger partial charge in [0, 0.05) is 15.8 Å². The lowest BCUT2D eigenvalue weighted by Gasteiger charge is -2.20. The molecule has 5 rings (SSSR count). The molecule has 9 heteroatoms. The second-order valence-corrected chi connectivity index (χ2v) is 11.6. The van der Waals surface area contributed by atoms with Crippen molar-refractivity contribution in [2.75, 3.05) is 0 Å². The predicted octanol–water partition coefficient (Wildman–Crippen LogP) is 4.34. The van der Waals surface area contributed by atoms with Crippen molar-refractivity contribution in [3.05, 3.63) is 76.8 Å². The minimum Gasteiger partial charge on any atom is -0.289 e. The van der Waals surface area contributed by atoms with E-state index in [2.05, 4.69) is 4.72 Å². The van der Waals surface area contributed by atoms with Crippen LogP contribution < -0.4 is 10.2 Å². The number of thiophene rings is 1. The average molecular weight is 489 g/mol. The highest BCUT2D eigenvalue weighted by molar-refractivity contribution is 7.91. The Morgan fingerprint density at radius 1 is 1.09 bits per heavy atom. The largest absolute Gasteiger partial charge is 0.289 e. The van der Waals surface area contributed by atoms with Crippen molar-refractivity contribution >= 4 is 38.9 Å². The van der Waals surface area contributed by atoms with Crippen LogP contribution in [0.3, 0.4) is 0 Å². The van der Waals surface area contributed by atoms with E-state index in [1.807, 2.05) is 36.4 Å². The van der Waals surface area contributed by atoms with Gasteiger partial charge in [-0.3, -0.25) is 10.0 Å². The van der Waals surface area contributed by atoms with E-state index < -0.39 is 21.5 Å². The lowest BCUT2D eigenvalue weighted by atomic mass is 9.97. The van der Waals surface area contributed by atoms with E-state index >= 15 is 0 Å². The van der Waals surface area contributed by atoms with Crippen LogP contribution in [0.25, 0.3) is 10.4 Å². The van der Waals surface area contributed by atoms with Crippen LogP contribution in [-0.2, 0) is 21.2 Å². The summed E-state index contributed by atoms with van der Waals surface area (Å²) < 4.78 is 29.5. The van der Waals surface area contributed by atoms with E-state index in [1.165, 1.54) is 6.07 Å². The van der Waals surface area contributed by atoms with E-state index in [1.54, 1.807) is 23.7 Å². The van der Waals surface area contributed by atoms with Crippen molar-refractivity contribution in [3.8, 4) is 10.4 Å². The van der Waals surface area contributed by atoms with Crippen molar-refractivity contribution < 1.29 is 18.4 Å². The molecule has 1 heterocycles. The zero-order chi connectivity index (χ0) is 22.5. The lowest BCUT2D eigenvalue weighted by molar-refractivity contribution is -0.132. The Morgan fingerprint density at radius 3 is 2.59 bits per heavy atom. The van der Waals surface area contributed by atoms with Gasteiger partial charge in [0.1, 0.15) is 9.75 Å². The van der Waals surface area contributed by atoms with E-state index in [9.17, 15) is 18.4 Å². The van der Waals surface area contributed by atoms with E-state index in [0.29, 0.717) is 11.4 Å². The smallest absolute Gasteiger partial charge is 0.265 e. The van der Waals surface area contributed by atoms with E-state index in [0.717, 1.165) is 45.7 Å². The summed E-state index contributed by atoms with van der Waals surface area (Å²) in [5, 5.41) is 10.1. The molecular formula is C23H21ClN2O4S2. The molecule has 1 saturated carbocycles. The number of rotatable bonds is 5. The first kappa shape index (κ1) is 21.6. The first-order valence-electron chi connectivity index (χ1n) is 10.3. The van der Waals surface area contributed by atoms with Crippen LogP contribution in [0.15, 0.2) is 64.9 Å². The van der Waals surface area contributed by atoms with Crippen LogP contribution in [0.4, 0.5) is 0 Å². The highest BCUT2D eigenvalue weighted by Gasteiger charge is 2.71. The molecule has 0 spiro atoms. The van der Waals surface area contributed by atoms with Gasteiger partial charge < -0.3 is 0 Å². The molecule has 6 nitrogen and oxygen atoms in total. The third kappa shape index (κ3) is 3.47. The molecule has 0 saturated heterocycles. The number of carbonyl (C=O) groups excluding carboxylic acids is 1. The molecule has 3 aromatic rings. The molecule has 0 bridgehead atoms. The summed E-state index contributed by atoms with van der Waals surface area (Å²) >= 11 is 7.07. The zero-order valence-electron chi connectivity index (χ0n) is 16.9. The molecule has 1 aromatic heterocycles. The van der Waals surface area contributed by atoms with Gasteiger partial charge in [-0.05, 0) is 66.1 Å². The van der Waals surface area contributed by atoms with Gasteiger partial charge in [-0.2, -0.15) is 4.72 Å². The maximum Gasteiger partial charge on any atom is 0.265 e. The Hall–Kier alpha value is -2.23. The summed E-state index contributed by atoms with van der Waals surface area (Å²) in [6, 6.07) is 18.2. The van der Waals surface area contributed by atoms with Crippen molar-refractivity contribution in [1.82, 2.24) is 10.2 Å². The number of halogens is 1. The fourth-order valence-electron chi connectivity index (χ4n) is 4.99. The van der Waals surface area contributed by atoms with Crippen molar-refractivity contribution in [3.63, 3.8) is 0 Å². The number of hydrogen-bond donors (Lipinski definition) is 3. The van der Waals surface area contributed by atoms with E-state index in [-0.39, 0.29) is 16.0 Å². The van der Waals surface area contributed by atoms with Crippen LogP contribution in [0.5, 0.6) is 0 Å². The molecule has 3 unspecified atom stereocenters. The van der Waals surface area contributed by atoms with Crippen molar-refractivity contribution in [2.24, 2.45) is 5.92 Å². The second kappa shape index (κ2) is 7.97. The number of sulfonamides is 1. The quantitative estimate of drug-likeness (QED) is 0.367. The molecule has 2 aromatic carbocycles. The zero-order valence-corrected chi connectivity index (χ0v) is 19.3. The Balaban J connectivity index is 1.50.